The van der Waals surface area contributed by atoms with E-state index in [2.05, 4.69) is 11.1 Å². The minimum atomic E-state index is 0.227. The number of ether oxygens (including phenoxy) is 3. The zero-order valence-corrected chi connectivity index (χ0v) is 21.6. The van der Waals surface area contributed by atoms with Crippen LogP contribution in [0, 0.1) is 11.3 Å². The van der Waals surface area contributed by atoms with Crippen molar-refractivity contribution < 1.29 is 18.6 Å². The quantitative estimate of drug-likeness (QED) is 0.187. The SMILES string of the molecule is COc1ccc(-c2oc(N=Cc3cccc(OCc4ccccc4)c3)c(C#N)c2-c2ccc(OC)cc2)cc1. The van der Waals surface area contributed by atoms with E-state index in [1.165, 1.54) is 0 Å². The molecule has 0 spiro atoms. The molecule has 4 aromatic carbocycles. The highest BCUT2D eigenvalue weighted by atomic mass is 16.5. The smallest absolute Gasteiger partial charge is 0.238 e. The summed E-state index contributed by atoms with van der Waals surface area (Å²) >= 11 is 0. The molecule has 0 aliphatic carbocycles. The van der Waals surface area contributed by atoms with Gasteiger partial charge in [0.1, 0.15) is 41.2 Å². The first-order valence-electron chi connectivity index (χ1n) is 12.3. The molecule has 0 aliphatic rings. The second-order valence-corrected chi connectivity index (χ2v) is 8.66. The Morgan fingerprint density at radius 1 is 0.769 bits per heavy atom. The van der Waals surface area contributed by atoms with E-state index in [9.17, 15) is 5.26 Å². The van der Waals surface area contributed by atoms with Gasteiger partial charge in [0, 0.05) is 17.3 Å². The van der Waals surface area contributed by atoms with E-state index in [1.54, 1.807) is 20.4 Å². The van der Waals surface area contributed by atoms with E-state index in [0.717, 1.165) is 39.5 Å². The zero-order chi connectivity index (χ0) is 27.0. The third kappa shape index (κ3) is 5.84. The first-order chi connectivity index (χ1) is 19.2. The van der Waals surface area contributed by atoms with Crippen LogP contribution in [-0.4, -0.2) is 20.4 Å². The predicted molar refractivity (Wildman–Crippen MR) is 152 cm³/mol. The van der Waals surface area contributed by atoms with Crippen molar-refractivity contribution in [2.45, 2.75) is 6.61 Å². The van der Waals surface area contributed by atoms with E-state index >= 15 is 0 Å². The van der Waals surface area contributed by atoms with Crippen molar-refractivity contribution in [2.24, 2.45) is 4.99 Å². The largest absolute Gasteiger partial charge is 0.497 e. The van der Waals surface area contributed by atoms with Gasteiger partial charge in [-0.15, -0.1) is 0 Å². The fraction of sp³-hybridized carbons (Fsp3) is 0.0909. The third-order valence-corrected chi connectivity index (χ3v) is 6.17. The standard InChI is InChI=1S/C33H26N2O4/c1-36-27-15-11-25(12-16-27)31-30(20-34)33(39-32(31)26-13-17-28(37-2)18-14-26)35-21-24-9-6-10-29(19-24)38-22-23-7-4-3-5-8-23/h3-19,21H,22H2,1-2H3. The van der Waals surface area contributed by atoms with E-state index < -0.39 is 0 Å². The lowest BCUT2D eigenvalue weighted by Crippen LogP contribution is -1.95. The van der Waals surface area contributed by atoms with Gasteiger partial charge in [-0.3, -0.25) is 0 Å². The van der Waals surface area contributed by atoms with Gasteiger partial charge in [0.25, 0.3) is 0 Å². The van der Waals surface area contributed by atoms with Gasteiger partial charge >= 0.3 is 0 Å². The van der Waals surface area contributed by atoms with E-state index in [1.807, 2.05) is 103 Å². The zero-order valence-electron chi connectivity index (χ0n) is 21.6. The number of hydrogen-bond acceptors (Lipinski definition) is 6. The minimum Gasteiger partial charge on any atom is -0.497 e. The maximum atomic E-state index is 10.2. The summed E-state index contributed by atoms with van der Waals surface area (Å²) in [5.41, 5.74) is 4.53. The molecule has 6 heteroatoms. The van der Waals surface area contributed by atoms with E-state index in [0.29, 0.717) is 23.5 Å². The summed E-state index contributed by atoms with van der Waals surface area (Å²) in [4.78, 5) is 4.59. The lowest BCUT2D eigenvalue weighted by Gasteiger charge is -2.06. The Hall–Kier alpha value is -5.28. The van der Waals surface area contributed by atoms with E-state index in [4.69, 9.17) is 18.6 Å². The van der Waals surface area contributed by atoms with Crippen LogP contribution in [-0.2, 0) is 6.61 Å². The number of aliphatic imine (C=N–C) groups is 1. The summed E-state index contributed by atoms with van der Waals surface area (Å²) in [6.07, 6.45) is 1.67. The average Bonchev–Trinajstić information content (AvgIpc) is 3.38. The van der Waals surface area contributed by atoms with Gasteiger partial charge in [-0.1, -0.05) is 54.6 Å². The molecule has 0 radical (unpaired) electrons. The van der Waals surface area contributed by atoms with Gasteiger partial charge in [-0.2, -0.15) is 5.26 Å². The fourth-order valence-electron chi connectivity index (χ4n) is 4.15. The van der Waals surface area contributed by atoms with Crippen LogP contribution in [0.3, 0.4) is 0 Å². The number of methoxy groups -OCH3 is 2. The molecule has 0 amide bonds. The second kappa shape index (κ2) is 11.8. The number of furan rings is 1. The molecule has 0 atom stereocenters. The van der Waals surface area contributed by atoms with Crippen molar-refractivity contribution in [1.82, 2.24) is 0 Å². The number of rotatable bonds is 9. The molecule has 0 N–H and O–H groups in total. The van der Waals surface area contributed by atoms with Crippen LogP contribution in [0.15, 0.2) is 113 Å². The van der Waals surface area contributed by atoms with Gasteiger partial charge in [0.05, 0.1) is 14.2 Å². The molecular formula is C33H26N2O4. The molecule has 6 nitrogen and oxygen atoms in total. The van der Waals surface area contributed by atoms with Crippen LogP contribution < -0.4 is 14.2 Å². The Morgan fingerprint density at radius 2 is 1.44 bits per heavy atom. The number of benzene rings is 4. The number of nitriles is 1. The Kier molecular flexibility index (Phi) is 7.71. The predicted octanol–water partition coefficient (Wildman–Crippen LogP) is 7.83. The van der Waals surface area contributed by atoms with Crippen molar-refractivity contribution in [2.75, 3.05) is 14.2 Å². The van der Waals surface area contributed by atoms with Gasteiger partial charge in [0.15, 0.2) is 0 Å². The van der Waals surface area contributed by atoms with Gasteiger partial charge in [-0.25, -0.2) is 4.99 Å². The topological polar surface area (TPSA) is 77.0 Å². The summed E-state index contributed by atoms with van der Waals surface area (Å²) in [6, 6.07) is 34.9. The molecule has 5 rings (SSSR count). The van der Waals surface area contributed by atoms with Crippen LogP contribution in [0.2, 0.25) is 0 Å². The first-order valence-corrected chi connectivity index (χ1v) is 12.3. The summed E-state index contributed by atoms with van der Waals surface area (Å²) in [7, 11) is 3.23. The molecule has 5 aromatic rings. The molecule has 0 unspecified atom stereocenters. The Morgan fingerprint density at radius 3 is 2.08 bits per heavy atom. The average molecular weight is 515 g/mol. The van der Waals surface area contributed by atoms with Crippen LogP contribution in [0.5, 0.6) is 17.2 Å². The van der Waals surface area contributed by atoms with Crippen molar-refractivity contribution in [3.8, 4) is 45.8 Å². The first kappa shape index (κ1) is 25.4. The molecule has 0 aliphatic heterocycles. The molecule has 1 heterocycles. The van der Waals surface area contributed by atoms with Crippen molar-refractivity contribution in [3.63, 3.8) is 0 Å². The maximum Gasteiger partial charge on any atom is 0.238 e. The van der Waals surface area contributed by atoms with Gasteiger partial charge in [0.2, 0.25) is 5.88 Å². The lowest BCUT2D eigenvalue weighted by molar-refractivity contribution is 0.306. The van der Waals surface area contributed by atoms with Gasteiger partial charge < -0.3 is 18.6 Å². The summed E-state index contributed by atoms with van der Waals surface area (Å²) in [5, 5.41) is 10.2. The van der Waals surface area contributed by atoms with Crippen molar-refractivity contribution in [3.05, 3.63) is 120 Å². The van der Waals surface area contributed by atoms with Crippen molar-refractivity contribution in [1.29, 1.82) is 5.26 Å². The van der Waals surface area contributed by atoms with E-state index in [-0.39, 0.29) is 5.88 Å². The van der Waals surface area contributed by atoms with Crippen LogP contribution in [0.25, 0.3) is 22.5 Å². The number of hydrogen-bond donors (Lipinski definition) is 0. The molecule has 192 valence electrons. The Bertz CT molecular complexity index is 1610. The molecule has 0 saturated heterocycles. The molecule has 0 saturated carbocycles. The maximum absolute atomic E-state index is 10.2. The van der Waals surface area contributed by atoms with Crippen LogP contribution in [0.1, 0.15) is 16.7 Å². The molecular weight excluding hydrogens is 488 g/mol. The summed E-state index contributed by atoms with van der Waals surface area (Å²) in [5.74, 6) is 2.94. The summed E-state index contributed by atoms with van der Waals surface area (Å²) < 4.78 is 22.8. The fourth-order valence-corrected chi connectivity index (χ4v) is 4.15. The van der Waals surface area contributed by atoms with Crippen LogP contribution in [0.4, 0.5) is 5.88 Å². The monoisotopic (exact) mass is 514 g/mol. The Balaban J connectivity index is 1.49. The molecule has 0 fully saturated rings. The van der Waals surface area contributed by atoms with Gasteiger partial charge in [-0.05, 0) is 65.2 Å². The Labute approximate surface area is 227 Å². The highest BCUT2D eigenvalue weighted by Gasteiger charge is 2.23. The normalized spacial score (nSPS) is 10.8. The molecule has 39 heavy (non-hydrogen) atoms. The lowest BCUT2D eigenvalue weighted by atomic mass is 9.98. The second-order valence-electron chi connectivity index (χ2n) is 8.66. The highest BCUT2D eigenvalue weighted by molar-refractivity contribution is 5.90. The van der Waals surface area contributed by atoms with Crippen molar-refractivity contribution >= 4 is 12.1 Å². The molecule has 0 bridgehead atoms. The molecule has 1 aromatic heterocycles. The van der Waals surface area contributed by atoms with Crippen LogP contribution >= 0.6 is 0 Å². The third-order valence-electron chi connectivity index (χ3n) is 6.17. The summed E-state index contributed by atoms with van der Waals surface area (Å²) in [6.45, 7) is 0.467. The highest BCUT2D eigenvalue weighted by Crippen LogP contribution is 2.43. The minimum absolute atomic E-state index is 0.227. The number of nitrogens with zero attached hydrogens (tertiary/aromatic N) is 2.